The topological polar surface area (TPSA) is 64.3 Å². The second kappa shape index (κ2) is 4.70. The Labute approximate surface area is 110 Å². The number of thiophene rings is 1. The first kappa shape index (κ1) is 11.7. The van der Waals surface area contributed by atoms with Crippen LogP contribution >= 0.6 is 11.3 Å². The summed E-state index contributed by atoms with van der Waals surface area (Å²) < 4.78 is 5.66. The minimum Gasteiger partial charge on any atom is -0.377 e. The molecule has 2 N–H and O–H groups in total. The zero-order valence-corrected chi connectivity index (χ0v) is 11.1. The normalized spacial score (nSPS) is 21.2. The van der Waals surface area contributed by atoms with E-state index in [9.17, 15) is 0 Å². The first-order chi connectivity index (χ1) is 8.74. The van der Waals surface area contributed by atoms with Gasteiger partial charge in [0.1, 0.15) is 10.6 Å². The zero-order chi connectivity index (χ0) is 12.5. The molecule has 3 rings (SSSR count). The molecule has 18 heavy (non-hydrogen) atoms. The highest BCUT2D eigenvalue weighted by Crippen LogP contribution is 2.29. The van der Waals surface area contributed by atoms with Crippen molar-refractivity contribution in [2.24, 2.45) is 0 Å². The molecular weight excluding hydrogens is 248 g/mol. The predicted molar refractivity (Wildman–Crippen MR) is 74.1 cm³/mol. The molecular formula is C12H16N4OS. The molecule has 1 fully saturated rings. The Balaban J connectivity index is 2.03. The summed E-state index contributed by atoms with van der Waals surface area (Å²) in [6, 6.07) is 2.06. The first-order valence-electron chi connectivity index (χ1n) is 6.11. The minimum atomic E-state index is 0.220. The molecule has 3 heterocycles. The number of hydrogen-bond acceptors (Lipinski definition) is 6. The number of nitrogens with two attached hydrogens (primary N) is 1. The van der Waals surface area contributed by atoms with Gasteiger partial charge >= 0.3 is 0 Å². The average molecular weight is 264 g/mol. The van der Waals surface area contributed by atoms with Gasteiger partial charge in [0.05, 0.1) is 11.5 Å². The van der Waals surface area contributed by atoms with E-state index in [1.54, 1.807) is 11.3 Å². The molecule has 0 radical (unpaired) electrons. The predicted octanol–water partition coefficient (Wildman–Crippen LogP) is 1.89. The summed E-state index contributed by atoms with van der Waals surface area (Å²) >= 11 is 1.60. The molecule has 1 unspecified atom stereocenters. The van der Waals surface area contributed by atoms with Crippen LogP contribution in [0.5, 0.6) is 0 Å². The summed E-state index contributed by atoms with van der Waals surface area (Å²) in [5.41, 5.74) is 5.79. The summed E-state index contributed by atoms with van der Waals surface area (Å²) in [6.07, 6.45) is 1.23. The van der Waals surface area contributed by atoms with Gasteiger partial charge in [0.25, 0.3) is 0 Å². The number of nitrogen functional groups attached to an aromatic ring is 1. The van der Waals surface area contributed by atoms with Crippen LogP contribution in [0.4, 0.5) is 11.8 Å². The molecule has 0 saturated carbocycles. The molecule has 2 aromatic rings. The van der Waals surface area contributed by atoms with E-state index in [0.29, 0.717) is 5.95 Å². The van der Waals surface area contributed by atoms with E-state index in [-0.39, 0.29) is 6.10 Å². The van der Waals surface area contributed by atoms with Crippen molar-refractivity contribution in [2.75, 3.05) is 30.3 Å². The van der Waals surface area contributed by atoms with E-state index in [4.69, 9.17) is 10.5 Å². The largest absolute Gasteiger partial charge is 0.377 e. The maximum atomic E-state index is 5.79. The number of aromatic nitrogens is 2. The van der Waals surface area contributed by atoms with Crippen LogP contribution in [-0.4, -0.2) is 35.8 Å². The number of hydrogen-bond donors (Lipinski definition) is 1. The summed E-state index contributed by atoms with van der Waals surface area (Å²) in [4.78, 5) is 11.9. The maximum absolute atomic E-state index is 5.79. The summed E-state index contributed by atoms with van der Waals surface area (Å²) in [5, 5.41) is 3.11. The second-order valence-corrected chi connectivity index (χ2v) is 5.42. The van der Waals surface area contributed by atoms with Crippen molar-refractivity contribution in [3.05, 3.63) is 11.4 Å². The van der Waals surface area contributed by atoms with Crippen molar-refractivity contribution in [3.8, 4) is 0 Å². The number of fused-ring (bicyclic) bond motifs is 1. The number of rotatable bonds is 1. The lowest BCUT2D eigenvalue weighted by Gasteiger charge is -2.23. The molecule has 1 atom stereocenters. The van der Waals surface area contributed by atoms with E-state index in [1.165, 1.54) is 0 Å². The van der Waals surface area contributed by atoms with Crippen LogP contribution in [0.2, 0.25) is 0 Å². The van der Waals surface area contributed by atoms with Gasteiger partial charge < -0.3 is 15.4 Å². The third-order valence-corrected chi connectivity index (χ3v) is 3.88. The molecule has 96 valence electrons. The van der Waals surface area contributed by atoms with Crippen LogP contribution in [0.15, 0.2) is 11.4 Å². The molecule has 1 aliphatic heterocycles. The van der Waals surface area contributed by atoms with E-state index in [0.717, 1.165) is 42.2 Å². The molecule has 0 aromatic carbocycles. The Morgan fingerprint density at radius 3 is 3.28 bits per heavy atom. The Bertz CT molecular complexity index is 556. The van der Waals surface area contributed by atoms with Crippen LogP contribution in [-0.2, 0) is 4.74 Å². The smallest absolute Gasteiger partial charge is 0.223 e. The molecule has 0 amide bonds. The van der Waals surface area contributed by atoms with Crippen LogP contribution in [0.3, 0.4) is 0 Å². The second-order valence-electron chi connectivity index (χ2n) is 4.53. The van der Waals surface area contributed by atoms with Crippen LogP contribution in [0, 0.1) is 0 Å². The van der Waals surface area contributed by atoms with Gasteiger partial charge in [0, 0.05) is 19.7 Å². The van der Waals surface area contributed by atoms with Crippen LogP contribution in [0.1, 0.15) is 13.3 Å². The molecule has 0 bridgehead atoms. The standard InChI is InChI=1S/C12H16N4OS/c1-8-7-16(4-2-5-17-8)10-9-3-6-18-11(9)15-12(13)14-10/h3,6,8H,2,4-5,7H2,1H3,(H2,13,14,15). The summed E-state index contributed by atoms with van der Waals surface area (Å²) in [7, 11) is 0. The van der Waals surface area contributed by atoms with Crippen molar-refractivity contribution in [3.63, 3.8) is 0 Å². The zero-order valence-electron chi connectivity index (χ0n) is 10.3. The quantitative estimate of drug-likeness (QED) is 0.852. The first-order valence-corrected chi connectivity index (χ1v) is 6.99. The van der Waals surface area contributed by atoms with Crippen molar-refractivity contribution in [2.45, 2.75) is 19.4 Å². The third kappa shape index (κ3) is 2.13. The summed E-state index contributed by atoms with van der Waals surface area (Å²) in [5.74, 6) is 1.29. The highest BCUT2D eigenvalue weighted by Gasteiger charge is 2.19. The van der Waals surface area contributed by atoms with Crippen molar-refractivity contribution in [1.82, 2.24) is 9.97 Å². The average Bonchev–Trinajstić information content (AvgIpc) is 2.69. The fourth-order valence-electron chi connectivity index (χ4n) is 2.28. The van der Waals surface area contributed by atoms with Gasteiger partial charge in [-0.2, -0.15) is 4.98 Å². The lowest BCUT2D eigenvalue weighted by atomic mass is 10.3. The molecule has 1 aliphatic rings. The van der Waals surface area contributed by atoms with Gasteiger partial charge in [-0.25, -0.2) is 4.98 Å². The molecule has 2 aromatic heterocycles. The van der Waals surface area contributed by atoms with Gasteiger partial charge in [-0.15, -0.1) is 11.3 Å². The molecule has 5 nitrogen and oxygen atoms in total. The van der Waals surface area contributed by atoms with Gasteiger partial charge in [-0.05, 0) is 24.8 Å². The fourth-order valence-corrected chi connectivity index (χ4v) is 3.05. The van der Waals surface area contributed by atoms with Crippen LogP contribution in [0.25, 0.3) is 10.2 Å². The van der Waals surface area contributed by atoms with Crippen LogP contribution < -0.4 is 10.6 Å². The number of nitrogens with zero attached hydrogens (tertiary/aromatic N) is 3. The fraction of sp³-hybridized carbons (Fsp3) is 0.500. The lowest BCUT2D eigenvalue weighted by Crippen LogP contribution is -2.31. The highest BCUT2D eigenvalue weighted by molar-refractivity contribution is 7.16. The monoisotopic (exact) mass is 264 g/mol. The third-order valence-electron chi connectivity index (χ3n) is 3.07. The lowest BCUT2D eigenvalue weighted by molar-refractivity contribution is 0.0820. The number of ether oxygens (including phenoxy) is 1. The van der Waals surface area contributed by atoms with E-state index in [2.05, 4.69) is 27.9 Å². The van der Waals surface area contributed by atoms with E-state index in [1.807, 2.05) is 5.38 Å². The Hall–Kier alpha value is -1.40. The van der Waals surface area contributed by atoms with Gasteiger partial charge in [0.2, 0.25) is 5.95 Å². The van der Waals surface area contributed by atoms with Gasteiger partial charge in [0.15, 0.2) is 0 Å². The Morgan fingerprint density at radius 1 is 1.50 bits per heavy atom. The molecule has 0 spiro atoms. The Kier molecular flexibility index (Phi) is 3.05. The van der Waals surface area contributed by atoms with E-state index >= 15 is 0 Å². The van der Waals surface area contributed by atoms with Crippen molar-refractivity contribution >= 4 is 33.3 Å². The molecule has 6 heteroatoms. The maximum Gasteiger partial charge on any atom is 0.223 e. The Morgan fingerprint density at radius 2 is 2.39 bits per heavy atom. The van der Waals surface area contributed by atoms with Gasteiger partial charge in [-0.1, -0.05) is 0 Å². The van der Waals surface area contributed by atoms with E-state index < -0.39 is 0 Å². The molecule has 0 aliphatic carbocycles. The van der Waals surface area contributed by atoms with Crippen molar-refractivity contribution in [1.29, 1.82) is 0 Å². The number of anilines is 2. The molecule has 1 saturated heterocycles. The summed E-state index contributed by atoms with van der Waals surface area (Å²) in [6.45, 7) is 4.70. The van der Waals surface area contributed by atoms with Crippen molar-refractivity contribution < 1.29 is 4.74 Å². The van der Waals surface area contributed by atoms with Gasteiger partial charge in [-0.3, -0.25) is 0 Å². The SMILES string of the molecule is CC1CN(c2nc(N)nc3sccc23)CCCO1. The highest BCUT2D eigenvalue weighted by atomic mass is 32.1. The minimum absolute atomic E-state index is 0.220.